The highest BCUT2D eigenvalue weighted by Gasteiger charge is 2.12. The number of aromatic nitrogens is 4. The van der Waals surface area contributed by atoms with E-state index in [0.29, 0.717) is 11.2 Å². The molecule has 0 saturated carbocycles. The first-order valence-corrected chi connectivity index (χ1v) is 5.50. The van der Waals surface area contributed by atoms with Gasteiger partial charge in [-0.1, -0.05) is 0 Å². The van der Waals surface area contributed by atoms with E-state index in [9.17, 15) is 0 Å². The summed E-state index contributed by atoms with van der Waals surface area (Å²) in [5, 5.41) is 17.8. The van der Waals surface area contributed by atoms with E-state index in [-0.39, 0.29) is 31.0 Å². The van der Waals surface area contributed by atoms with Gasteiger partial charge in [0.15, 0.2) is 11.5 Å². The zero-order valence-corrected chi connectivity index (χ0v) is 10.1. The van der Waals surface area contributed by atoms with Gasteiger partial charge in [0.05, 0.1) is 19.5 Å². The molecule has 9 heteroatoms. The quantitative estimate of drug-likeness (QED) is 0.622. The number of hydrogen-bond acceptors (Lipinski definition) is 7. The summed E-state index contributed by atoms with van der Waals surface area (Å²) in [7, 11) is 0. The average molecular weight is 274 g/mol. The predicted octanol–water partition coefficient (Wildman–Crippen LogP) is -0.611. The zero-order valence-electron chi connectivity index (χ0n) is 9.32. The van der Waals surface area contributed by atoms with E-state index in [1.807, 2.05) is 0 Å². The monoisotopic (exact) mass is 273 g/mol. The second-order valence-corrected chi connectivity index (χ2v) is 3.89. The van der Waals surface area contributed by atoms with Crippen LogP contribution in [0.1, 0.15) is 0 Å². The fourth-order valence-electron chi connectivity index (χ4n) is 1.38. The number of fused-ring (bicyclic) bond motifs is 1. The summed E-state index contributed by atoms with van der Waals surface area (Å²) >= 11 is 5.71. The molecule has 0 bridgehead atoms. The Kier molecular flexibility index (Phi) is 3.92. The Labute approximate surface area is 107 Å². The van der Waals surface area contributed by atoms with Crippen molar-refractivity contribution in [2.45, 2.75) is 12.8 Å². The van der Waals surface area contributed by atoms with Gasteiger partial charge in [0.2, 0.25) is 5.28 Å². The Balaban J connectivity index is 2.24. The van der Waals surface area contributed by atoms with E-state index < -0.39 is 6.10 Å². The Morgan fingerprint density at radius 1 is 1.39 bits per heavy atom. The van der Waals surface area contributed by atoms with Crippen LogP contribution in [0.3, 0.4) is 0 Å². The lowest BCUT2D eigenvalue weighted by atomic mass is 10.4. The van der Waals surface area contributed by atoms with Crippen LogP contribution in [0.2, 0.25) is 5.28 Å². The minimum Gasteiger partial charge on any atom is -0.394 e. The third-order valence-corrected chi connectivity index (χ3v) is 2.49. The van der Waals surface area contributed by atoms with Crippen LogP contribution in [-0.4, -0.2) is 49.0 Å². The summed E-state index contributed by atoms with van der Waals surface area (Å²) in [6, 6.07) is 0. The van der Waals surface area contributed by atoms with Gasteiger partial charge in [-0.05, 0) is 11.6 Å². The summed E-state index contributed by atoms with van der Waals surface area (Å²) in [4.78, 5) is 11.8. The summed E-state index contributed by atoms with van der Waals surface area (Å²) in [6.45, 7) is -0.489. The van der Waals surface area contributed by atoms with Gasteiger partial charge in [-0.3, -0.25) is 4.57 Å². The van der Waals surface area contributed by atoms with Crippen molar-refractivity contribution in [2.75, 3.05) is 18.9 Å². The Morgan fingerprint density at radius 3 is 2.78 bits per heavy atom. The smallest absolute Gasteiger partial charge is 0.226 e. The van der Waals surface area contributed by atoms with Crippen LogP contribution >= 0.6 is 11.6 Å². The lowest BCUT2D eigenvalue weighted by Crippen LogP contribution is -2.23. The molecule has 2 rings (SSSR count). The van der Waals surface area contributed by atoms with Crippen LogP contribution in [0.4, 0.5) is 5.82 Å². The number of halogens is 1. The van der Waals surface area contributed by atoms with Crippen molar-refractivity contribution < 1.29 is 14.9 Å². The molecule has 0 aliphatic heterocycles. The number of nitrogens with zero attached hydrogens (tertiary/aromatic N) is 4. The van der Waals surface area contributed by atoms with Gasteiger partial charge in [0.25, 0.3) is 0 Å². The van der Waals surface area contributed by atoms with Crippen molar-refractivity contribution in [1.29, 1.82) is 0 Å². The van der Waals surface area contributed by atoms with Crippen LogP contribution in [0.5, 0.6) is 0 Å². The Bertz CT molecular complexity index is 542. The number of hydrogen-bond donors (Lipinski definition) is 3. The minimum atomic E-state index is -0.655. The molecular formula is C9H12ClN5O3. The number of aliphatic hydroxyl groups is 2. The molecule has 0 unspecified atom stereocenters. The van der Waals surface area contributed by atoms with Crippen molar-refractivity contribution in [2.24, 2.45) is 0 Å². The van der Waals surface area contributed by atoms with Crippen molar-refractivity contribution in [1.82, 2.24) is 19.5 Å². The van der Waals surface area contributed by atoms with Gasteiger partial charge in [0, 0.05) is 0 Å². The first-order chi connectivity index (χ1) is 8.65. The SMILES string of the molecule is Nc1nc(Cl)nc2c1ncn2COC(CO)CO. The highest BCUT2D eigenvalue weighted by atomic mass is 35.5. The van der Waals surface area contributed by atoms with Crippen LogP contribution in [0.25, 0.3) is 11.2 Å². The molecule has 2 aromatic rings. The van der Waals surface area contributed by atoms with E-state index in [0.717, 1.165) is 0 Å². The Morgan fingerprint density at radius 2 is 2.11 bits per heavy atom. The molecule has 0 aliphatic carbocycles. The van der Waals surface area contributed by atoms with Crippen LogP contribution < -0.4 is 5.73 Å². The maximum Gasteiger partial charge on any atom is 0.226 e. The molecule has 98 valence electrons. The van der Waals surface area contributed by atoms with Gasteiger partial charge < -0.3 is 20.7 Å². The highest BCUT2D eigenvalue weighted by molar-refractivity contribution is 6.28. The number of rotatable bonds is 5. The maximum absolute atomic E-state index is 8.88. The van der Waals surface area contributed by atoms with E-state index in [1.165, 1.54) is 6.33 Å². The minimum absolute atomic E-state index is 0.0163. The van der Waals surface area contributed by atoms with E-state index in [4.69, 9.17) is 32.3 Å². The van der Waals surface area contributed by atoms with Crippen molar-refractivity contribution in [3.05, 3.63) is 11.6 Å². The van der Waals surface area contributed by atoms with Crippen molar-refractivity contribution in [3.63, 3.8) is 0 Å². The van der Waals surface area contributed by atoms with Crippen molar-refractivity contribution >= 4 is 28.6 Å². The van der Waals surface area contributed by atoms with E-state index in [1.54, 1.807) is 4.57 Å². The average Bonchev–Trinajstić information content (AvgIpc) is 2.74. The maximum atomic E-state index is 8.88. The first-order valence-electron chi connectivity index (χ1n) is 5.13. The summed E-state index contributed by atoms with van der Waals surface area (Å²) < 4.78 is 6.80. The molecule has 0 spiro atoms. The second kappa shape index (κ2) is 5.44. The number of imidazole rings is 1. The molecule has 2 heterocycles. The van der Waals surface area contributed by atoms with Crippen LogP contribution in [0.15, 0.2) is 6.33 Å². The summed E-state index contributed by atoms with van der Waals surface area (Å²) in [6.07, 6.45) is 0.815. The largest absolute Gasteiger partial charge is 0.394 e. The summed E-state index contributed by atoms with van der Waals surface area (Å²) in [5.41, 5.74) is 6.50. The lowest BCUT2D eigenvalue weighted by molar-refractivity contribution is -0.0488. The van der Waals surface area contributed by atoms with Gasteiger partial charge in [-0.15, -0.1) is 0 Å². The highest BCUT2D eigenvalue weighted by Crippen LogP contribution is 2.18. The second-order valence-electron chi connectivity index (χ2n) is 3.55. The molecule has 0 aromatic carbocycles. The third-order valence-electron chi connectivity index (χ3n) is 2.32. The van der Waals surface area contributed by atoms with Crippen molar-refractivity contribution in [3.8, 4) is 0 Å². The predicted molar refractivity (Wildman–Crippen MR) is 63.8 cm³/mol. The standard InChI is InChI=1S/C9H12ClN5O3/c10-9-13-7(11)6-8(14-9)15(3-12-6)4-18-5(1-16)2-17/h3,5,16-17H,1-2,4H2,(H2,11,13,14). The molecule has 0 amide bonds. The number of anilines is 1. The zero-order chi connectivity index (χ0) is 13.1. The molecule has 18 heavy (non-hydrogen) atoms. The topological polar surface area (TPSA) is 119 Å². The van der Waals surface area contributed by atoms with Gasteiger partial charge >= 0.3 is 0 Å². The molecule has 4 N–H and O–H groups in total. The molecule has 0 saturated heterocycles. The number of nitrogen functional groups attached to an aromatic ring is 1. The number of ether oxygens (including phenoxy) is 1. The van der Waals surface area contributed by atoms with E-state index in [2.05, 4.69) is 15.0 Å². The molecule has 8 nitrogen and oxygen atoms in total. The number of nitrogens with two attached hydrogens (primary N) is 1. The first kappa shape index (κ1) is 13.0. The molecule has 0 atom stereocenters. The summed E-state index contributed by atoms with van der Waals surface area (Å²) in [5.74, 6) is 0.185. The molecule has 0 radical (unpaired) electrons. The van der Waals surface area contributed by atoms with Crippen LogP contribution in [0, 0.1) is 0 Å². The molecule has 2 aromatic heterocycles. The normalized spacial score (nSPS) is 11.6. The fraction of sp³-hybridized carbons (Fsp3) is 0.444. The van der Waals surface area contributed by atoms with E-state index >= 15 is 0 Å². The van der Waals surface area contributed by atoms with Gasteiger partial charge in [-0.2, -0.15) is 9.97 Å². The molecule has 0 aliphatic rings. The Hall–Kier alpha value is -1.48. The lowest BCUT2D eigenvalue weighted by Gasteiger charge is -2.12. The van der Waals surface area contributed by atoms with Gasteiger partial charge in [-0.25, -0.2) is 4.98 Å². The molecular weight excluding hydrogens is 262 g/mol. The number of aliphatic hydroxyl groups excluding tert-OH is 2. The van der Waals surface area contributed by atoms with Gasteiger partial charge in [0.1, 0.15) is 18.4 Å². The third kappa shape index (κ3) is 2.51. The van der Waals surface area contributed by atoms with Crippen LogP contribution in [-0.2, 0) is 11.5 Å². The fourth-order valence-corrected chi connectivity index (χ4v) is 1.55. The molecule has 0 fully saturated rings.